The first kappa shape index (κ1) is 18.8. The molecule has 23 heavy (non-hydrogen) atoms. The Bertz CT molecular complexity index is 414. The van der Waals surface area contributed by atoms with Gasteiger partial charge in [0.25, 0.3) is 0 Å². The number of hydrogen-bond donors (Lipinski definition) is 0. The van der Waals surface area contributed by atoms with E-state index in [2.05, 4.69) is 27.7 Å². The minimum Gasteiger partial charge on any atom is -0.459 e. The molecule has 0 aromatic rings. The van der Waals surface area contributed by atoms with Crippen LogP contribution in [0.3, 0.4) is 0 Å². The average molecular weight is 323 g/mol. The second kappa shape index (κ2) is 7.15. The molecule has 2 saturated carbocycles. The Morgan fingerprint density at radius 3 is 2.26 bits per heavy atom. The number of carbonyl (C=O) groups excluding carboxylic acids is 1. The van der Waals surface area contributed by atoms with Gasteiger partial charge in [-0.15, -0.1) is 0 Å². The van der Waals surface area contributed by atoms with Crippen molar-refractivity contribution in [3.05, 3.63) is 0 Å². The van der Waals surface area contributed by atoms with Gasteiger partial charge in [-0.2, -0.15) is 0 Å². The van der Waals surface area contributed by atoms with Crippen molar-refractivity contribution >= 4 is 5.97 Å². The molecule has 5 unspecified atom stereocenters. The third-order valence-corrected chi connectivity index (χ3v) is 7.16. The lowest BCUT2D eigenvalue weighted by atomic mass is 9.73. The lowest BCUT2D eigenvalue weighted by Crippen LogP contribution is -2.45. The average Bonchev–Trinajstić information content (AvgIpc) is 3.15. The number of hydrogen-bond acceptors (Lipinski definition) is 2. The van der Waals surface area contributed by atoms with Crippen molar-refractivity contribution in [2.45, 2.75) is 98.5 Å². The van der Waals surface area contributed by atoms with Crippen LogP contribution in [0.1, 0.15) is 92.9 Å². The molecule has 0 aromatic carbocycles. The summed E-state index contributed by atoms with van der Waals surface area (Å²) < 4.78 is 6.20. The first-order valence-electron chi connectivity index (χ1n) is 9.97. The van der Waals surface area contributed by atoms with Crippen LogP contribution in [0, 0.1) is 29.1 Å². The maximum absolute atomic E-state index is 12.7. The van der Waals surface area contributed by atoms with E-state index in [0.717, 1.165) is 30.6 Å². The molecule has 2 fully saturated rings. The smallest absolute Gasteiger partial charge is 0.312 e. The highest BCUT2D eigenvalue weighted by Crippen LogP contribution is 2.51. The van der Waals surface area contributed by atoms with E-state index in [1.807, 2.05) is 13.8 Å². The predicted octanol–water partition coefficient (Wildman–Crippen LogP) is 5.99. The summed E-state index contributed by atoms with van der Waals surface area (Å²) in [6.45, 7) is 12.9. The highest BCUT2D eigenvalue weighted by atomic mass is 16.6. The first-order valence-corrected chi connectivity index (χ1v) is 9.97. The summed E-state index contributed by atoms with van der Waals surface area (Å²) in [7, 11) is 0. The van der Waals surface area contributed by atoms with Crippen molar-refractivity contribution in [3.63, 3.8) is 0 Å². The van der Waals surface area contributed by atoms with Crippen LogP contribution in [0.15, 0.2) is 0 Å². The fourth-order valence-corrected chi connectivity index (χ4v) is 4.86. The molecule has 0 saturated heterocycles. The lowest BCUT2D eigenvalue weighted by molar-refractivity contribution is -0.178. The molecule has 2 aliphatic carbocycles. The van der Waals surface area contributed by atoms with E-state index in [0.29, 0.717) is 5.92 Å². The van der Waals surface area contributed by atoms with E-state index >= 15 is 0 Å². The minimum absolute atomic E-state index is 0.00482. The lowest BCUT2D eigenvalue weighted by Gasteiger charge is -2.41. The molecule has 5 atom stereocenters. The normalized spacial score (nSPS) is 34.3. The molecule has 2 aliphatic rings. The zero-order chi connectivity index (χ0) is 17.3. The van der Waals surface area contributed by atoms with Crippen molar-refractivity contribution in [2.75, 3.05) is 0 Å². The van der Waals surface area contributed by atoms with Gasteiger partial charge in [0.05, 0.1) is 5.41 Å². The van der Waals surface area contributed by atoms with E-state index < -0.39 is 0 Å². The summed E-state index contributed by atoms with van der Waals surface area (Å²) in [4.78, 5) is 12.7. The second-order valence-electron chi connectivity index (χ2n) is 9.17. The Labute approximate surface area is 143 Å². The standard InChI is InChI=1S/C21H38O2/c1-7-20(4,5)19(22)23-21(6,8-2)18-11-9-10-17(18)16-13-12-15(3)14-16/h15-18H,7-14H2,1-6H3. The quantitative estimate of drug-likeness (QED) is 0.562. The Hall–Kier alpha value is -0.530. The molecule has 0 radical (unpaired) electrons. The van der Waals surface area contributed by atoms with Gasteiger partial charge >= 0.3 is 5.97 Å². The third kappa shape index (κ3) is 3.94. The van der Waals surface area contributed by atoms with Crippen LogP contribution in [0.4, 0.5) is 0 Å². The van der Waals surface area contributed by atoms with Crippen molar-refractivity contribution in [1.82, 2.24) is 0 Å². The molecule has 2 heteroatoms. The highest BCUT2D eigenvalue weighted by Gasteiger charge is 2.48. The van der Waals surface area contributed by atoms with Crippen LogP contribution >= 0.6 is 0 Å². The second-order valence-corrected chi connectivity index (χ2v) is 9.17. The topological polar surface area (TPSA) is 26.3 Å². The molecule has 0 spiro atoms. The molecular formula is C21H38O2. The van der Waals surface area contributed by atoms with Gasteiger partial charge in [-0.05, 0) is 77.0 Å². The third-order valence-electron chi connectivity index (χ3n) is 7.16. The van der Waals surface area contributed by atoms with Gasteiger partial charge < -0.3 is 4.74 Å². The molecule has 0 N–H and O–H groups in total. The summed E-state index contributed by atoms with van der Waals surface area (Å²) in [6.07, 6.45) is 9.81. The van der Waals surface area contributed by atoms with Gasteiger partial charge in [0.15, 0.2) is 0 Å². The van der Waals surface area contributed by atoms with Gasteiger partial charge in [0.2, 0.25) is 0 Å². The molecule has 0 bridgehead atoms. The summed E-state index contributed by atoms with van der Waals surface area (Å²) in [5, 5.41) is 0. The van der Waals surface area contributed by atoms with Crippen LogP contribution in [0.25, 0.3) is 0 Å². The summed E-state index contributed by atoms with van der Waals surface area (Å²) >= 11 is 0. The predicted molar refractivity (Wildman–Crippen MR) is 96.2 cm³/mol. The maximum atomic E-state index is 12.7. The molecular weight excluding hydrogens is 284 g/mol. The number of ether oxygens (including phenoxy) is 1. The summed E-state index contributed by atoms with van der Waals surface area (Å²) in [5.74, 6) is 3.06. The van der Waals surface area contributed by atoms with Crippen molar-refractivity contribution in [3.8, 4) is 0 Å². The molecule has 2 nitrogen and oxygen atoms in total. The molecule has 0 heterocycles. The van der Waals surface area contributed by atoms with E-state index in [-0.39, 0.29) is 17.0 Å². The molecule has 2 rings (SSSR count). The van der Waals surface area contributed by atoms with Crippen LogP contribution in [0.2, 0.25) is 0 Å². The van der Waals surface area contributed by atoms with Crippen LogP contribution in [-0.2, 0) is 9.53 Å². The van der Waals surface area contributed by atoms with Gasteiger partial charge in [0, 0.05) is 5.92 Å². The minimum atomic E-state index is -0.369. The fourth-order valence-electron chi connectivity index (χ4n) is 4.86. The van der Waals surface area contributed by atoms with Gasteiger partial charge in [-0.3, -0.25) is 4.79 Å². The number of carbonyl (C=O) groups is 1. The first-order chi connectivity index (χ1) is 10.7. The largest absolute Gasteiger partial charge is 0.459 e. The number of rotatable bonds is 6. The SMILES string of the molecule is CCC(C)(C)C(=O)OC(C)(CC)C1CCCC1C1CCC(C)C1. The van der Waals surface area contributed by atoms with Crippen LogP contribution in [0.5, 0.6) is 0 Å². The zero-order valence-electron chi connectivity index (χ0n) is 16.3. The maximum Gasteiger partial charge on any atom is 0.312 e. The molecule has 0 amide bonds. The molecule has 0 aromatic heterocycles. The van der Waals surface area contributed by atoms with E-state index in [9.17, 15) is 4.79 Å². The monoisotopic (exact) mass is 322 g/mol. The van der Waals surface area contributed by atoms with Crippen molar-refractivity contribution in [2.24, 2.45) is 29.1 Å². The van der Waals surface area contributed by atoms with Crippen LogP contribution < -0.4 is 0 Å². The Kier molecular flexibility index (Phi) is 5.85. The highest BCUT2D eigenvalue weighted by molar-refractivity contribution is 5.76. The van der Waals surface area contributed by atoms with E-state index in [1.165, 1.54) is 38.5 Å². The van der Waals surface area contributed by atoms with E-state index in [4.69, 9.17) is 4.74 Å². The Morgan fingerprint density at radius 1 is 1.04 bits per heavy atom. The number of esters is 1. The van der Waals surface area contributed by atoms with E-state index in [1.54, 1.807) is 0 Å². The summed E-state index contributed by atoms with van der Waals surface area (Å²) in [5.41, 5.74) is -0.650. The zero-order valence-corrected chi connectivity index (χ0v) is 16.3. The molecule has 134 valence electrons. The fraction of sp³-hybridized carbons (Fsp3) is 0.952. The van der Waals surface area contributed by atoms with Gasteiger partial charge in [-0.25, -0.2) is 0 Å². The molecule has 0 aliphatic heterocycles. The van der Waals surface area contributed by atoms with Gasteiger partial charge in [0.1, 0.15) is 5.60 Å². The summed E-state index contributed by atoms with van der Waals surface area (Å²) in [6, 6.07) is 0. The van der Waals surface area contributed by atoms with Gasteiger partial charge in [-0.1, -0.05) is 33.6 Å². The Balaban J connectivity index is 2.12. The van der Waals surface area contributed by atoms with Crippen molar-refractivity contribution < 1.29 is 9.53 Å². The van der Waals surface area contributed by atoms with Crippen LogP contribution in [-0.4, -0.2) is 11.6 Å². The Morgan fingerprint density at radius 2 is 1.74 bits per heavy atom. The van der Waals surface area contributed by atoms with Crippen molar-refractivity contribution in [1.29, 1.82) is 0 Å².